The molecule has 0 fully saturated rings. The second-order valence-electron chi connectivity index (χ2n) is 5.75. The van der Waals surface area contributed by atoms with Gasteiger partial charge >= 0.3 is 0 Å². The Morgan fingerprint density at radius 1 is 1.17 bits per heavy atom. The van der Waals surface area contributed by atoms with E-state index in [-0.39, 0.29) is 0 Å². The largest absolute Gasteiger partial charge is 0.370 e. The van der Waals surface area contributed by atoms with Crippen molar-refractivity contribution < 1.29 is 0 Å². The molecule has 0 unspecified atom stereocenters. The van der Waals surface area contributed by atoms with Crippen molar-refractivity contribution in [3.05, 3.63) is 65.1 Å². The maximum absolute atomic E-state index is 5.97. The van der Waals surface area contributed by atoms with Gasteiger partial charge in [-0.15, -0.1) is 0 Å². The van der Waals surface area contributed by atoms with Crippen molar-refractivity contribution in [3.8, 4) is 0 Å². The van der Waals surface area contributed by atoms with Gasteiger partial charge in [-0.1, -0.05) is 12.1 Å². The highest BCUT2D eigenvalue weighted by atomic mass is 15.1. The Morgan fingerprint density at radius 3 is 2.74 bits per heavy atom. The summed E-state index contributed by atoms with van der Waals surface area (Å²) in [4.78, 5) is 8.93. The van der Waals surface area contributed by atoms with E-state index >= 15 is 0 Å². The van der Waals surface area contributed by atoms with Gasteiger partial charge in [0.25, 0.3) is 0 Å². The molecule has 0 atom stereocenters. The molecule has 0 aliphatic carbocycles. The minimum atomic E-state index is 0.391. The maximum atomic E-state index is 5.97. The van der Waals surface area contributed by atoms with E-state index in [4.69, 9.17) is 5.73 Å². The lowest BCUT2D eigenvalue weighted by Crippen LogP contribution is -2.22. The molecule has 3 rings (SSSR count). The topological polar surface area (TPSA) is 67.7 Å². The highest BCUT2D eigenvalue weighted by Gasteiger charge is 2.03. The summed E-state index contributed by atoms with van der Waals surface area (Å²) in [5.41, 5.74) is 12.4. The number of nitrogens with two attached hydrogens (primary N) is 1. The third kappa shape index (κ3) is 3.34. The zero-order chi connectivity index (χ0) is 16.4. The van der Waals surface area contributed by atoms with Gasteiger partial charge in [-0.05, 0) is 56.2 Å². The van der Waals surface area contributed by atoms with E-state index in [9.17, 15) is 0 Å². The molecule has 118 valence electrons. The van der Waals surface area contributed by atoms with Gasteiger partial charge in [-0.25, -0.2) is 9.98 Å². The highest BCUT2D eigenvalue weighted by molar-refractivity contribution is 5.92. The van der Waals surface area contributed by atoms with Gasteiger partial charge in [0.1, 0.15) is 5.65 Å². The lowest BCUT2D eigenvalue weighted by Gasteiger charge is -2.07. The molecule has 3 aromatic rings. The van der Waals surface area contributed by atoms with Crippen LogP contribution in [0.1, 0.15) is 22.5 Å². The van der Waals surface area contributed by atoms with Crippen LogP contribution in [0, 0.1) is 20.8 Å². The summed E-state index contributed by atoms with van der Waals surface area (Å²) in [6.45, 7) is 6.66. The van der Waals surface area contributed by atoms with Crippen LogP contribution in [-0.2, 0) is 6.54 Å². The number of benzene rings is 1. The zero-order valence-corrected chi connectivity index (χ0v) is 13.7. The van der Waals surface area contributed by atoms with Gasteiger partial charge in [-0.2, -0.15) is 0 Å². The first-order valence-electron chi connectivity index (χ1n) is 7.61. The van der Waals surface area contributed by atoms with Crippen molar-refractivity contribution in [1.29, 1.82) is 0 Å². The summed E-state index contributed by atoms with van der Waals surface area (Å²) in [6.07, 6.45) is 2.00. The lowest BCUT2D eigenvalue weighted by atomic mass is 10.1. The quantitative estimate of drug-likeness (QED) is 0.577. The molecule has 1 aromatic carbocycles. The normalized spacial score (nSPS) is 11.9. The summed E-state index contributed by atoms with van der Waals surface area (Å²) in [6, 6.07) is 12.2. The standard InChI is InChI=1S/C18H21N5/c1-12-7-8-15(9-13(12)2)22-18(19)20-10-16-11-23-14(3)5-4-6-17(23)21-16/h4-9,11H,10H2,1-3H3,(H3,19,20,22). The molecule has 5 nitrogen and oxygen atoms in total. The van der Waals surface area contributed by atoms with Crippen LogP contribution in [0.25, 0.3) is 5.65 Å². The predicted molar refractivity (Wildman–Crippen MR) is 94.8 cm³/mol. The first kappa shape index (κ1) is 15.1. The number of pyridine rings is 1. The molecule has 0 spiro atoms. The number of guanidine groups is 1. The molecule has 2 heterocycles. The number of fused-ring (bicyclic) bond motifs is 1. The lowest BCUT2D eigenvalue weighted by molar-refractivity contribution is 1.00. The van der Waals surface area contributed by atoms with E-state index in [0.29, 0.717) is 12.5 Å². The second-order valence-corrected chi connectivity index (χ2v) is 5.75. The van der Waals surface area contributed by atoms with Gasteiger partial charge in [-0.3, -0.25) is 0 Å². The van der Waals surface area contributed by atoms with Crippen molar-refractivity contribution in [2.24, 2.45) is 10.7 Å². The predicted octanol–water partition coefficient (Wildman–Crippen LogP) is 3.19. The third-order valence-electron chi connectivity index (χ3n) is 3.94. The minimum absolute atomic E-state index is 0.391. The number of nitrogens with zero attached hydrogens (tertiary/aromatic N) is 3. The van der Waals surface area contributed by atoms with E-state index < -0.39 is 0 Å². The Morgan fingerprint density at radius 2 is 2.00 bits per heavy atom. The zero-order valence-electron chi connectivity index (χ0n) is 13.7. The minimum Gasteiger partial charge on any atom is -0.370 e. The first-order valence-corrected chi connectivity index (χ1v) is 7.61. The Labute approximate surface area is 135 Å². The maximum Gasteiger partial charge on any atom is 0.193 e. The molecule has 3 N–H and O–H groups in total. The molecule has 0 bridgehead atoms. The van der Waals surface area contributed by atoms with Gasteiger partial charge < -0.3 is 15.5 Å². The van der Waals surface area contributed by atoms with Gasteiger partial charge in [0.15, 0.2) is 5.96 Å². The summed E-state index contributed by atoms with van der Waals surface area (Å²) < 4.78 is 2.05. The van der Waals surface area contributed by atoms with Crippen molar-refractivity contribution in [2.45, 2.75) is 27.3 Å². The van der Waals surface area contributed by atoms with Crippen LogP contribution in [0.3, 0.4) is 0 Å². The van der Waals surface area contributed by atoms with Crippen LogP contribution < -0.4 is 11.1 Å². The molecule has 0 radical (unpaired) electrons. The molecule has 0 saturated heterocycles. The van der Waals surface area contributed by atoms with Gasteiger partial charge in [0.2, 0.25) is 0 Å². The van der Waals surface area contributed by atoms with Crippen molar-refractivity contribution in [1.82, 2.24) is 9.38 Å². The number of imidazole rings is 1. The van der Waals surface area contributed by atoms with Gasteiger partial charge in [0.05, 0.1) is 12.2 Å². The fraction of sp³-hybridized carbons (Fsp3) is 0.222. The van der Waals surface area contributed by atoms with E-state index in [2.05, 4.69) is 58.7 Å². The van der Waals surface area contributed by atoms with Gasteiger partial charge in [0, 0.05) is 17.6 Å². The fourth-order valence-corrected chi connectivity index (χ4v) is 2.45. The van der Waals surface area contributed by atoms with Crippen molar-refractivity contribution in [2.75, 3.05) is 5.32 Å². The average molecular weight is 307 g/mol. The second kappa shape index (κ2) is 6.12. The van der Waals surface area contributed by atoms with Crippen LogP contribution in [0.15, 0.2) is 47.6 Å². The number of nitrogens with one attached hydrogen (secondary N) is 1. The highest BCUT2D eigenvalue weighted by Crippen LogP contribution is 2.14. The number of aliphatic imine (C=N–C) groups is 1. The summed E-state index contributed by atoms with van der Waals surface area (Å²) in [7, 11) is 0. The molecule has 2 aromatic heterocycles. The molecule has 0 amide bonds. The molecule has 0 saturated carbocycles. The Balaban J connectivity index is 1.72. The van der Waals surface area contributed by atoms with Crippen LogP contribution in [-0.4, -0.2) is 15.3 Å². The summed E-state index contributed by atoms with van der Waals surface area (Å²) >= 11 is 0. The Hall–Kier alpha value is -2.82. The fourth-order valence-electron chi connectivity index (χ4n) is 2.45. The van der Waals surface area contributed by atoms with Crippen LogP contribution >= 0.6 is 0 Å². The Bertz CT molecular complexity index is 876. The van der Waals surface area contributed by atoms with E-state index in [1.165, 1.54) is 11.1 Å². The number of anilines is 1. The SMILES string of the molecule is Cc1ccc(NC(N)=NCc2cn3c(C)cccc3n2)cc1C. The number of rotatable bonds is 3. The van der Waals surface area contributed by atoms with Crippen LogP contribution in [0.5, 0.6) is 0 Å². The summed E-state index contributed by atoms with van der Waals surface area (Å²) in [5.74, 6) is 0.391. The van der Waals surface area contributed by atoms with Crippen LogP contribution in [0.2, 0.25) is 0 Å². The molecular formula is C18H21N5. The summed E-state index contributed by atoms with van der Waals surface area (Å²) in [5, 5.41) is 3.12. The molecule has 0 aliphatic heterocycles. The van der Waals surface area contributed by atoms with Crippen LogP contribution in [0.4, 0.5) is 5.69 Å². The first-order chi connectivity index (χ1) is 11.0. The van der Waals surface area contributed by atoms with Crippen molar-refractivity contribution >= 4 is 17.3 Å². The Kier molecular flexibility index (Phi) is 4.02. The number of hydrogen-bond donors (Lipinski definition) is 2. The van der Waals surface area contributed by atoms with E-state index in [1.54, 1.807) is 0 Å². The number of aryl methyl sites for hydroxylation is 3. The third-order valence-corrected chi connectivity index (χ3v) is 3.94. The molecule has 23 heavy (non-hydrogen) atoms. The average Bonchev–Trinajstić information content (AvgIpc) is 2.94. The molecule has 5 heteroatoms. The van der Waals surface area contributed by atoms with E-state index in [0.717, 1.165) is 22.7 Å². The monoisotopic (exact) mass is 307 g/mol. The molecular weight excluding hydrogens is 286 g/mol. The van der Waals surface area contributed by atoms with E-state index in [1.807, 2.05) is 24.4 Å². The number of aromatic nitrogens is 2. The smallest absolute Gasteiger partial charge is 0.193 e. The van der Waals surface area contributed by atoms with Crippen molar-refractivity contribution in [3.63, 3.8) is 0 Å². The number of hydrogen-bond acceptors (Lipinski definition) is 2. The molecule has 0 aliphatic rings.